The number of rotatable bonds is 3. The Kier molecular flexibility index (Phi) is 4.83. The number of hydrogen-bond donors (Lipinski definition) is 1. The fourth-order valence-electron chi connectivity index (χ4n) is 2.53. The van der Waals surface area contributed by atoms with Gasteiger partial charge in [0.05, 0.1) is 6.54 Å². The van der Waals surface area contributed by atoms with E-state index in [9.17, 15) is 4.79 Å². The van der Waals surface area contributed by atoms with Crippen molar-refractivity contribution in [1.82, 2.24) is 4.90 Å². The minimum Gasteiger partial charge on any atom is -0.325 e. The standard InChI is InChI=1S/C15H21ClN2O/c1-11-9-13(16)6-7-14(11)17-15(19)10-18-8-4-3-5-12(18)2/h6-7,9,12H,3-5,8,10H2,1-2H3,(H,17,19). The Labute approximate surface area is 119 Å². The minimum atomic E-state index is 0.0548. The summed E-state index contributed by atoms with van der Waals surface area (Å²) in [7, 11) is 0. The Hall–Kier alpha value is -1.06. The predicted octanol–water partition coefficient (Wildman–Crippen LogP) is 3.46. The molecule has 0 spiro atoms. The van der Waals surface area contributed by atoms with Crippen LogP contribution in [0.3, 0.4) is 0 Å². The molecule has 1 aliphatic heterocycles. The first-order valence-electron chi connectivity index (χ1n) is 6.86. The van der Waals surface area contributed by atoms with Crippen LogP contribution in [-0.2, 0) is 4.79 Å². The van der Waals surface area contributed by atoms with E-state index in [0.717, 1.165) is 17.8 Å². The smallest absolute Gasteiger partial charge is 0.238 e. The topological polar surface area (TPSA) is 32.3 Å². The van der Waals surface area contributed by atoms with Gasteiger partial charge in [0.1, 0.15) is 0 Å². The van der Waals surface area contributed by atoms with Gasteiger partial charge in [0.15, 0.2) is 0 Å². The van der Waals surface area contributed by atoms with Gasteiger partial charge in [-0.15, -0.1) is 0 Å². The summed E-state index contributed by atoms with van der Waals surface area (Å²) >= 11 is 5.91. The molecule has 1 fully saturated rings. The first kappa shape index (κ1) is 14.4. The molecular formula is C15H21ClN2O. The Bertz CT molecular complexity index is 461. The van der Waals surface area contributed by atoms with E-state index in [1.54, 1.807) is 6.07 Å². The lowest BCUT2D eigenvalue weighted by molar-refractivity contribution is -0.118. The molecule has 1 saturated heterocycles. The van der Waals surface area contributed by atoms with Crippen molar-refractivity contribution in [2.45, 2.75) is 39.2 Å². The first-order valence-corrected chi connectivity index (χ1v) is 7.24. The fourth-order valence-corrected chi connectivity index (χ4v) is 2.76. The van der Waals surface area contributed by atoms with E-state index in [-0.39, 0.29) is 5.91 Å². The number of hydrogen-bond acceptors (Lipinski definition) is 2. The number of likely N-dealkylation sites (tertiary alicyclic amines) is 1. The number of benzene rings is 1. The molecule has 104 valence electrons. The molecule has 1 aromatic rings. The van der Waals surface area contributed by atoms with Gasteiger partial charge >= 0.3 is 0 Å². The summed E-state index contributed by atoms with van der Waals surface area (Å²) in [5.41, 5.74) is 1.84. The van der Waals surface area contributed by atoms with E-state index >= 15 is 0 Å². The van der Waals surface area contributed by atoms with Crippen molar-refractivity contribution in [3.63, 3.8) is 0 Å². The van der Waals surface area contributed by atoms with Crippen LogP contribution in [0, 0.1) is 6.92 Å². The Balaban J connectivity index is 1.93. The van der Waals surface area contributed by atoms with Crippen LogP contribution in [0.2, 0.25) is 5.02 Å². The molecular weight excluding hydrogens is 260 g/mol. The molecule has 1 amide bonds. The van der Waals surface area contributed by atoms with E-state index in [4.69, 9.17) is 11.6 Å². The summed E-state index contributed by atoms with van der Waals surface area (Å²) in [5, 5.41) is 3.66. The zero-order valence-corrected chi connectivity index (χ0v) is 12.3. The number of halogens is 1. The van der Waals surface area contributed by atoms with E-state index in [1.807, 2.05) is 19.1 Å². The predicted molar refractivity (Wildman–Crippen MR) is 79.7 cm³/mol. The maximum atomic E-state index is 12.1. The van der Waals surface area contributed by atoms with Gasteiger partial charge in [0.2, 0.25) is 5.91 Å². The summed E-state index contributed by atoms with van der Waals surface area (Å²) in [4.78, 5) is 14.3. The van der Waals surface area contributed by atoms with Crippen LogP contribution >= 0.6 is 11.6 Å². The van der Waals surface area contributed by atoms with Gasteiger partial charge in [-0.1, -0.05) is 18.0 Å². The third kappa shape index (κ3) is 3.95. The molecule has 2 rings (SSSR count). The third-order valence-corrected chi connectivity index (χ3v) is 3.98. The zero-order chi connectivity index (χ0) is 13.8. The largest absolute Gasteiger partial charge is 0.325 e. The van der Waals surface area contributed by atoms with E-state index in [1.165, 1.54) is 19.3 Å². The van der Waals surface area contributed by atoms with E-state index < -0.39 is 0 Å². The molecule has 3 nitrogen and oxygen atoms in total. The molecule has 0 saturated carbocycles. The lowest BCUT2D eigenvalue weighted by atomic mass is 10.0. The van der Waals surface area contributed by atoms with Crippen molar-refractivity contribution in [2.75, 3.05) is 18.4 Å². The number of piperidine rings is 1. The number of aryl methyl sites for hydroxylation is 1. The van der Waals surface area contributed by atoms with Crippen molar-refractivity contribution in [1.29, 1.82) is 0 Å². The monoisotopic (exact) mass is 280 g/mol. The highest BCUT2D eigenvalue weighted by atomic mass is 35.5. The quantitative estimate of drug-likeness (QED) is 0.920. The van der Waals surface area contributed by atoms with Gasteiger partial charge in [-0.05, 0) is 57.0 Å². The Morgan fingerprint density at radius 2 is 2.26 bits per heavy atom. The van der Waals surface area contributed by atoms with Gasteiger partial charge in [-0.25, -0.2) is 0 Å². The number of carbonyl (C=O) groups excluding carboxylic acids is 1. The maximum absolute atomic E-state index is 12.1. The van der Waals surface area contributed by atoms with Gasteiger partial charge in [0.25, 0.3) is 0 Å². The lowest BCUT2D eigenvalue weighted by Gasteiger charge is -2.32. The molecule has 4 heteroatoms. The van der Waals surface area contributed by atoms with Crippen LogP contribution < -0.4 is 5.32 Å². The SMILES string of the molecule is Cc1cc(Cl)ccc1NC(=O)CN1CCCCC1C. The second-order valence-corrected chi connectivity index (χ2v) is 5.76. The average Bonchev–Trinajstić information content (AvgIpc) is 2.36. The van der Waals surface area contributed by atoms with Crippen molar-refractivity contribution in [3.05, 3.63) is 28.8 Å². The molecule has 1 heterocycles. The number of nitrogens with one attached hydrogen (secondary N) is 1. The number of anilines is 1. The van der Waals surface area contributed by atoms with Gasteiger partial charge in [-0.2, -0.15) is 0 Å². The van der Waals surface area contributed by atoms with Crippen LogP contribution in [0.1, 0.15) is 31.7 Å². The normalized spacial score (nSPS) is 20.3. The summed E-state index contributed by atoms with van der Waals surface area (Å²) in [6.07, 6.45) is 3.65. The molecule has 1 aliphatic rings. The summed E-state index contributed by atoms with van der Waals surface area (Å²) in [5.74, 6) is 0.0548. The number of carbonyl (C=O) groups is 1. The highest BCUT2D eigenvalue weighted by Gasteiger charge is 2.20. The highest BCUT2D eigenvalue weighted by Crippen LogP contribution is 2.20. The maximum Gasteiger partial charge on any atom is 0.238 e. The number of amides is 1. The van der Waals surface area contributed by atoms with Crippen molar-refractivity contribution in [2.24, 2.45) is 0 Å². The molecule has 0 radical (unpaired) electrons. The van der Waals surface area contributed by atoms with Crippen molar-refractivity contribution in [3.8, 4) is 0 Å². The second kappa shape index (κ2) is 6.40. The van der Waals surface area contributed by atoms with Crippen LogP contribution in [0.15, 0.2) is 18.2 Å². The Morgan fingerprint density at radius 3 is 2.95 bits per heavy atom. The van der Waals surface area contributed by atoms with Crippen LogP contribution in [0.5, 0.6) is 0 Å². The van der Waals surface area contributed by atoms with Crippen molar-refractivity contribution < 1.29 is 4.79 Å². The summed E-state index contributed by atoms with van der Waals surface area (Å²) in [6.45, 7) is 5.64. The number of nitrogens with zero attached hydrogens (tertiary/aromatic N) is 1. The van der Waals surface area contributed by atoms with Crippen molar-refractivity contribution >= 4 is 23.2 Å². The third-order valence-electron chi connectivity index (χ3n) is 3.75. The average molecular weight is 281 g/mol. The minimum absolute atomic E-state index is 0.0548. The molecule has 0 aromatic heterocycles. The van der Waals surface area contributed by atoms with Crippen LogP contribution in [0.25, 0.3) is 0 Å². The zero-order valence-electron chi connectivity index (χ0n) is 11.6. The second-order valence-electron chi connectivity index (χ2n) is 5.32. The fraction of sp³-hybridized carbons (Fsp3) is 0.533. The molecule has 0 aliphatic carbocycles. The molecule has 19 heavy (non-hydrogen) atoms. The summed E-state index contributed by atoms with van der Waals surface area (Å²) in [6, 6.07) is 6.02. The van der Waals surface area contributed by atoms with Gasteiger partial charge in [0, 0.05) is 16.8 Å². The Morgan fingerprint density at radius 1 is 1.47 bits per heavy atom. The molecule has 1 N–H and O–H groups in total. The van der Waals surface area contributed by atoms with Crippen LogP contribution in [-0.4, -0.2) is 29.9 Å². The molecule has 1 aromatic carbocycles. The van der Waals surface area contributed by atoms with E-state index in [0.29, 0.717) is 17.6 Å². The summed E-state index contributed by atoms with van der Waals surface area (Å²) < 4.78 is 0. The van der Waals surface area contributed by atoms with Gasteiger partial charge in [-0.3, -0.25) is 9.69 Å². The van der Waals surface area contributed by atoms with Gasteiger partial charge < -0.3 is 5.32 Å². The first-order chi connectivity index (χ1) is 9.06. The molecule has 0 bridgehead atoms. The van der Waals surface area contributed by atoms with E-state index in [2.05, 4.69) is 17.1 Å². The molecule has 1 unspecified atom stereocenters. The van der Waals surface area contributed by atoms with Crippen LogP contribution in [0.4, 0.5) is 5.69 Å². The molecule has 1 atom stereocenters. The lowest BCUT2D eigenvalue weighted by Crippen LogP contribution is -2.42. The highest BCUT2D eigenvalue weighted by molar-refractivity contribution is 6.30.